The predicted molar refractivity (Wildman–Crippen MR) is 140 cm³/mol. The number of carbonyl (C=O) groups excluding carboxylic acids is 2. The van der Waals surface area contributed by atoms with E-state index in [9.17, 15) is 14.7 Å². The van der Waals surface area contributed by atoms with E-state index < -0.39 is 23.5 Å². The molecule has 196 valence electrons. The highest BCUT2D eigenvalue weighted by Gasteiger charge is 2.48. The largest absolute Gasteiger partial charge is 0.507 e. The first-order valence-corrected chi connectivity index (χ1v) is 12.0. The number of carbonyl (C=O) groups is 2. The third-order valence-corrected chi connectivity index (χ3v) is 6.71. The second kappa shape index (κ2) is 10.2. The third-order valence-electron chi connectivity index (χ3n) is 6.41. The molecule has 10 heteroatoms. The number of rotatable bonds is 6. The van der Waals surface area contributed by atoms with Crippen molar-refractivity contribution >= 4 is 34.7 Å². The van der Waals surface area contributed by atoms with E-state index in [-0.39, 0.29) is 21.9 Å². The van der Waals surface area contributed by atoms with Crippen molar-refractivity contribution < 1.29 is 38.4 Å². The quantitative estimate of drug-likeness (QED) is 0.273. The van der Waals surface area contributed by atoms with Crippen LogP contribution in [0.25, 0.3) is 5.76 Å². The Labute approximate surface area is 223 Å². The van der Waals surface area contributed by atoms with Gasteiger partial charge in [-0.25, -0.2) is 0 Å². The number of aliphatic hydroxyl groups excluding tert-OH is 1. The van der Waals surface area contributed by atoms with Crippen molar-refractivity contribution in [2.24, 2.45) is 0 Å². The van der Waals surface area contributed by atoms with Gasteiger partial charge in [0, 0.05) is 23.4 Å². The summed E-state index contributed by atoms with van der Waals surface area (Å²) in [5.74, 6) is -0.263. The lowest BCUT2D eigenvalue weighted by Crippen LogP contribution is -2.30. The Morgan fingerprint density at radius 3 is 2.29 bits per heavy atom. The summed E-state index contributed by atoms with van der Waals surface area (Å²) in [7, 11) is 4.34. The van der Waals surface area contributed by atoms with Crippen molar-refractivity contribution in [3.63, 3.8) is 0 Å². The summed E-state index contributed by atoms with van der Waals surface area (Å²) in [5.41, 5.74) is 0.836. The third kappa shape index (κ3) is 4.14. The zero-order valence-corrected chi connectivity index (χ0v) is 21.6. The second-order valence-corrected chi connectivity index (χ2v) is 8.83. The Bertz CT molecular complexity index is 1470. The Kier molecular flexibility index (Phi) is 6.77. The highest BCUT2D eigenvalue weighted by Crippen LogP contribution is 2.48. The monoisotopic (exact) mass is 537 g/mol. The summed E-state index contributed by atoms with van der Waals surface area (Å²) in [6, 6.07) is 13.8. The average Bonchev–Trinajstić information content (AvgIpc) is 3.21. The molecule has 5 rings (SSSR count). The van der Waals surface area contributed by atoms with Crippen LogP contribution >= 0.6 is 11.6 Å². The summed E-state index contributed by atoms with van der Waals surface area (Å²) in [6.07, 6.45) is 0. The molecule has 3 aromatic rings. The molecule has 2 aliphatic heterocycles. The van der Waals surface area contributed by atoms with Gasteiger partial charge in [-0.15, -0.1) is 0 Å². The maximum Gasteiger partial charge on any atom is 0.300 e. The molecule has 1 saturated heterocycles. The molecular weight excluding hydrogens is 514 g/mol. The van der Waals surface area contributed by atoms with Crippen LogP contribution in [0.15, 0.2) is 60.2 Å². The molecular formula is C28H24ClNO8. The number of methoxy groups -OCH3 is 3. The number of fused-ring (bicyclic) bond motifs is 1. The number of nitrogens with zero attached hydrogens (tertiary/aromatic N) is 1. The number of ether oxygens (including phenoxy) is 5. The Balaban J connectivity index is 1.76. The summed E-state index contributed by atoms with van der Waals surface area (Å²) in [4.78, 5) is 28.5. The molecule has 0 bridgehead atoms. The lowest BCUT2D eigenvalue weighted by Gasteiger charge is -2.28. The molecule has 2 aliphatic rings. The van der Waals surface area contributed by atoms with Gasteiger partial charge in [-0.05, 0) is 24.3 Å². The molecule has 1 N–H and O–H groups in total. The van der Waals surface area contributed by atoms with Crippen molar-refractivity contribution in [1.29, 1.82) is 0 Å². The van der Waals surface area contributed by atoms with E-state index in [1.54, 1.807) is 42.5 Å². The van der Waals surface area contributed by atoms with Crippen molar-refractivity contribution in [2.45, 2.75) is 6.04 Å². The predicted octanol–water partition coefficient (Wildman–Crippen LogP) is 4.76. The summed E-state index contributed by atoms with van der Waals surface area (Å²) in [5, 5.41) is 11.8. The maximum atomic E-state index is 13.6. The topological polar surface area (TPSA) is 104 Å². The van der Waals surface area contributed by atoms with Gasteiger partial charge in [0.1, 0.15) is 36.2 Å². The maximum absolute atomic E-state index is 13.6. The first-order chi connectivity index (χ1) is 18.4. The molecule has 2 heterocycles. The van der Waals surface area contributed by atoms with E-state index in [0.717, 1.165) is 0 Å². The number of aliphatic hydroxyl groups is 1. The summed E-state index contributed by atoms with van der Waals surface area (Å²) >= 11 is 6.35. The standard InChI is InChI=1S/C28H24ClNO8/c1-34-19-7-5-4-6-16(19)25-24(26(31)17-13-18(29)22(36-3)14-21(17)35-2)27(32)28(33)30(25)15-8-9-20-23(12-15)38-11-10-37-20/h4-9,12-14,25,31H,10-11H2,1-3H3/b26-24+. The van der Waals surface area contributed by atoms with Gasteiger partial charge in [0.25, 0.3) is 11.7 Å². The number of hydrogen-bond donors (Lipinski definition) is 1. The molecule has 1 amide bonds. The molecule has 1 atom stereocenters. The molecule has 1 unspecified atom stereocenters. The van der Waals surface area contributed by atoms with Gasteiger partial charge in [0.05, 0.1) is 43.5 Å². The normalized spacial score (nSPS) is 17.9. The van der Waals surface area contributed by atoms with Gasteiger partial charge in [0.2, 0.25) is 0 Å². The fraction of sp³-hybridized carbons (Fsp3) is 0.214. The average molecular weight is 538 g/mol. The first kappa shape index (κ1) is 25.3. The fourth-order valence-corrected chi connectivity index (χ4v) is 4.90. The van der Waals surface area contributed by atoms with Gasteiger partial charge in [-0.2, -0.15) is 0 Å². The molecule has 9 nitrogen and oxygen atoms in total. The Morgan fingerprint density at radius 2 is 1.58 bits per heavy atom. The van der Waals surface area contributed by atoms with Crippen LogP contribution in [0.1, 0.15) is 17.2 Å². The molecule has 0 saturated carbocycles. The van der Waals surface area contributed by atoms with Crippen molar-refractivity contribution in [2.75, 3.05) is 39.4 Å². The van der Waals surface area contributed by atoms with Crippen LogP contribution in [0, 0.1) is 0 Å². The fourth-order valence-electron chi connectivity index (χ4n) is 4.66. The first-order valence-electron chi connectivity index (χ1n) is 11.6. The lowest BCUT2D eigenvalue weighted by atomic mass is 9.94. The van der Waals surface area contributed by atoms with Gasteiger partial charge in [-0.1, -0.05) is 29.8 Å². The van der Waals surface area contributed by atoms with E-state index in [1.165, 1.54) is 38.4 Å². The van der Waals surface area contributed by atoms with E-state index in [0.29, 0.717) is 47.5 Å². The van der Waals surface area contributed by atoms with Crippen LogP contribution in [-0.4, -0.2) is 51.3 Å². The molecule has 38 heavy (non-hydrogen) atoms. The Morgan fingerprint density at radius 1 is 0.895 bits per heavy atom. The van der Waals surface area contributed by atoms with Crippen molar-refractivity contribution in [1.82, 2.24) is 0 Å². The van der Waals surface area contributed by atoms with Crippen LogP contribution in [0.3, 0.4) is 0 Å². The van der Waals surface area contributed by atoms with Gasteiger partial charge < -0.3 is 28.8 Å². The highest BCUT2D eigenvalue weighted by atomic mass is 35.5. The molecule has 0 aromatic heterocycles. The van der Waals surface area contributed by atoms with E-state index in [4.69, 9.17) is 35.3 Å². The number of benzene rings is 3. The molecule has 0 radical (unpaired) electrons. The van der Waals surface area contributed by atoms with E-state index >= 15 is 0 Å². The lowest BCUT2D eigenvalue weighted by molar-refractivity contribution is -0.132. The van der Waals surface area contributed by atoms with Crippen LogP contribution in [-0.2, 0) is 9.59 Å². The van der Waals surface area contributed by atoms with E-state index in [2.05, 4.69) is 0 Å². The highest BCUT2D eigenvalue weighted by molar-refractivity contribution is 6.51. The van der Waals surface area contributed by atoms with Crippen LogP contribution < -0.4 is 28.6 Å². The number of halogens is 1. The van der Waals surface area contributed by atoms with Crippen LogP contribution in [0.2, 0.25) is 5.02 Å². The van der Waals surface area contributed by atoms with E-state index in [1.807, 2.05) is 0 Å². The van der Waals surface area contributed by atoms with Crippen molar-refractivity contribution in [3.8, 4) is 28.7 Å². The number of amides is 1. The molecule has 3 aromatic carbocycles. The number of ketones is 1. The summed E-state index contributed by atoms with van der Waals surface area (Å²) in [6.45, 7) is 0.758. The second-order valence-electron chi connectivity index (χ2n) is 8.43. The summed E-state index contributed by atoms with van der Waals surface area (Å²) < 4.78 is 27.6. The molecule has 0 aliphatic carbocycles. The number of hydrogen-bond acceptors (Lipinski definition) is 8. The van der Waals surface area contributed by atoms with Crippen LogP contribution in [0.4, 0.5) is 5.69 Å². The minimum absolute atomic E-state index is 0.123. The zero-order chi connectivity index (χ0) is 27.0. The van der Waals surface area contributed by atoms with Crippen molar-refractivity contribution in [3.05, 3.63) is 76.3 Å². The number of para-hydroxylation sites is 1. The zero-order valence-electron chi connectivity index (χ0n) is 20.8. The Hall–Kier alpha value is -4.37. The van der Waals surface area contributed by atoms with Gasteiger partial charge >= 0.3 is 0 Å². The number of Topliss-reactive ketones (excluding diaryl/α,β-unsaturated/α-hetero) is 1. The minimum Gasteiger partial charge on any atom is -0.507 e. The minimum atomic E-state index is -1.04. The van der Waals surface area contributed by atoms with Gasteiger partial charge in [-0.3, -0.25) is 14.5 Å². The number of anilines is 1. The molecule has 0 spiro atoms. The SMILES string of the molecule is COc1cc(OC)c(/C(O)=C2\C(=O)C(=O)N(c3ccc4c(c3)OCCO4)C2c2ccccc2OC)cc1Cl. The molecule has 1 fully saturated rings. The smallest absolute Gasteiger partial charge is 0.300 e. The van der Waals surface area contributed by atoms with Gasteiger partial charge in [0.15, 0.2) is 11.5 Å². The van der Waals surface area contributed by atoms with Crippen LogP contribution in [0.5, 0.6) is 28.7 Å².